The average molecular weight is 606 g/mol. The molecule has 2 N–H and O–H groups in total. The van der Waals surface area contributed by atoms with Crippen LogP contribution in [0.2, 0.25) is 0 Å². The van der Waals surface area contributed by atoms with E-state index in [0.29, 0.717) is 37.2 Å². The number of ether oxygens (including phenoxy) is 1. The van der Waals surface area contributed by atoms with Crippen molar-refractivity contribution < 1.29 is 23.9 Å². The molecule has 4 rings (SSSR count). The largest absolute Gasteiger partial charge is 0.491 e. The van der Waals surface area contributed by atoms with Gasteiger partial charge in [0.2, 0.25) is 17.7 Å². The Morgan fingerprint density at radius 2 is 1.66 bits per heavy atom. The van der Waals surface area contributed by atoms with Crippen LogP contribution in [-0.2, 0) is 20.8 Å². The molecule has 1 fully saturated rings. The number of para-hydroxylation sites is 1. The zero-order chi connectivity index (χ0) is 31.6. The minimum atomic E-state index is -0.900. The van der Waals surface area contributed by atoms with Gasteiger partial charge in [-0.25, -0.2) is 0 Å². The van der Waals surface area contributed by atoms with Gasteiger partial charge in [0.05, 0.1) is 11.6 Å². The molecule has 0 unspecified atom stereocenters. The Bertz CT molecular complexity index is 1290. The SMILES string of the molecule is CC(C)C[C@@H]1NC(=O)CC[C@@H](C(=O)N2CCCN(C)CC2)NC(=O)c2ccccc2OC[C@@H](Cc2ccccc2)N(C)C1=O. The van der Waals surface area contributed by atoms with Crippen molar-refractivity contribution in [3.05, 3.63) is 65.7 Å². The molecule has 0 aliphatic carbocycles. The molecule has 0 aromatic heterocycles. The van der Waals surface area contributed by atoms with Crippen LogP contribution in [0.5, 0.6) is 5.75 Å². The number of likely N-dealkylation sites (N-methyl/N-ethyl adjacent to an activating group) is 2. The standard InChI is InChI=1S/C34H47N5O5/c1-24(2)21-29-33(42)38(4)26(22-25-11-6-5-7-12-25)23-44-30-14-9-8-13-27(30)32(41)36-28(15-16-31(40)35-29)34(43)39-18-10-17-37(3)19-20-39/h5-9,11-14,24,26,28-29H,10,15-23H2,1-4H3,(H,35,40)(H,36,41)/t26-,28+,29+/m1/s1. The van der Waals surface area contributed by atoms with Gasteiger partial charge in [0.1, 0.15) is 24.4 Å². The highest BCUT2D eigenvalue weighted by Crippen LogP contribution is 2.21. The molecule has 0 radical (unpaired) electrons. The molecule has 2 heterocycles. The summed E-state index contributed by atoms with van der Waals surface area (Å²) in [7, 11) is 3.76. The van der Waals surface area contributed by atoms with Crippen molar-refractivity contribution in [2.24, 2.45) is 5.92 Å². The Hall–Kier alpha value is -3.92. The molecule has 238 valence electrons. The molecule has 2 aliphatic rings. The molecule has 2 aromatic rings. The fourth-order valence-electron chi connectivity index (χ4n) is 5.80. The molecular weight excluding hydrogens is 558 g/mol. The van der Waals surface area contributed by atoms with Gasteiger partial charge in [-0.1, -0.05) is 56.3 Å². The van der Waals surface area contributed by atoms with Crippen LogP contribution in [0.15, 0.2) is 54.6 Å². The number of nitrogens with one attached hydrogen (secondary N) is 2. The summed E-state index contributed by atoms with van der Waals surface area (Å²) in [6.07, 6.45) is 1.93. The first kappa shape index (κ1) is 33.0. The van der Waals surface area contributed by atoms with Gasteiger partial charge in [0, 0.05) is 33.1 Å². The fourth-order valence-corrected chi connectivity index (χ4v) is 5.80. The zero-order valence-electron chi connectivity index (χ0n) is 26.5. The Morgan fingerprint density at radius 3 is 2.41 bits per heavy atom. The lowest BCUT2D eigenvalue weighted by Gasteiger charge is -2.32. The first-order valence-electron chi connectivity index (χ1n) is 15.7. The van der Waals surface area contributed by atoms with E-state index in [2.05, 4.69) is 15.5 Å². The fraction of sp³-hybridized carbons (Fsp3) is 0.529. The lowest BCUT2D eigenvalue weighted by Crippen LogP contribution is -2.53. The lowest BCUT2D eigenvalue weighted by atomic mass is 10.00. The smallest absolute Gasteiger partial charge is 0.255 e. The molecule has 10 heteroatoms. The van der Waals surface area contributed by atoms with E-state index < -0.39 is 18.0 Å². The van der Waals surface area contributed by atoms with Crippen molar-refractivity contribution >= 4 is 23.6 Å². The van der Waals surface area contributed by atoms with Crippen LogP contribution in [0.25, 0.3) is 0 Å². The average Bonchev–Trinajstić information content (AvgIpc) is 3.24. The summed E-state index contributed by atoms with van der Waals surface area (Å²) in [6, 6.07) is 14.8. The van der Waals surface area contributed by atoms with Crippen LogP contribution in [-0.4, -0.2) is 103 Å². The van der Waals surface area contributed by atoms with Gasteiger partial charge in [0.25, 0.3) is 5.91 Å². The van der Waals surface area contributed by atoms with Crippen molar-refractivity contribution in [2.45, 2.75) is 64.1 Å². The number of hydrogen-bond donors (Lipinski definition) is 2. The second-order valence-electron chi connectivity index (χ2n) is 12.4. The van der Waals surface area contributed by atoms with E-state index in [9.17, 15) is 19.2 Å². The number of hydrogen-bond acceptors (Lipinski definition) is 6. The number of carbonyl (C=O) groups is 4. The van der Waals surface area contributed by atoms with Crippen LogP contribution in [0.3, 0.4) is 0 Å². The van der Waals surface area contributed by atoms with Crippen LogP contribution >= 0.6 is 0 Å². The van der Waals surface area contributed by atoms with Crippen LogP contribution in [0, 0.1) is 5.92 Å². The monoisotopic (exact) mass is 605 g/mol. The van der Waals surface area contributed by atoms with Gasteiger partial charge in [-0.05, 0) is 62.9 Å². The van der Waals surface area contributed by atoms with E-state index in [0.717, 1.165) is 25.1 Å². The van der Waals surface area contributed by atoms with Gasteiger partial charge in [-0.3, -0.25) is 19.2 Å². The van der Waals surface area contributed by atoms with Crippen molar-refractivity contribution in [3.63, 3.8) is 0 Å². The predicted molar refractivity (Wildman–Crippen MR) is 169 cm³/mol. The van der Waals surface area contributed by atoms with Crippen molar-refractivity contribution in [1.29, 1.82) is 0 Å². The van der Waals surface area contributed by atoms with Gasteiger partial charge >= 0.3 is 0 Å². The number of fused-ring (bicyclic) bond motifs is 1. The second-order valence-corrected chi connectivity index (χ2v) is 12.4. The van der Waals surface area contributed by atoms with Crippen LogP contribution in [0.4, 0.5) is 0 Å². The number of benzene rings is 2. The molecule has 10 nitrogen and oxygen atoms in total. The third kappa shape index (κ3) is 9.05. The maximum Gasteiger partial charge on any atom is 0.255 e. The lowest BCUT2D eigenvalue weighted by molar-refractivity contribution is -0.138. The predicted octanol–water partition coefficient (Wildman–Crippen LogP) is 2.72. The summed E-state index contributed by atoms with van der Waals surface area (Å²) in [6.45, 7) is 6.92. The van der Waals surface area contributed by atoms with Gasteiger partial charge in [-0.2, -0.15) is 0 Å². The maximum atomic E-state index is 13.9. The first-order valence-corrected chi connectivity index (χ1v) is 15.7. The highest BCUT2D eigenvalue weighted by atomic mass is 16.5. The maximum absolute atomic E-state index is 13.9. The number of rotatable bonds is 5. The molecule has 3 atom stereocenters. The molecule has 0 spiro atoms. The van der Waals surface area contributed by atoms with E-state index in [1.54, 1.807) is 41.1 Å². The normalized spacial score (nSPS) is 23.0. The van der Waals surface area contributed by atoms with Gasteiger partial charge in [-0.15, -0.1) is 0 Å². The number of carbonyl (C=O) groups excluding carboxylic acids is 4. The van der Waals surface area contributed by atoms with Gasteiger partial charge < -0.3 is 30.1 Å². The Balaban J connectivity index is 1.66. The number of nitrogens with zero attached hydrogens (tertiary/aromatic N) is 3. The van der Waals surface area contributed by atoms with Gasteiger partial charge in [0.15, 0.2) is 0 Å². The Morgan fingerprint density at radius 1 is 0.932 bits per heavy atom. The van der Waals surface area contributed by atoms with Crippen LogP contribution in [0.1, 0.15) is 55.5 Å². The summed E-state index contributed by atoms with van der Waals surface area (Å²) in [4.78, 5) is 60.3. The summed E-state index contributed by atoms with van der Waals surface area (Å²) in [5.41, 5.74) is 1.33. The Kier molecular flexibility index (Phi) is 11.8. The van der Waals surface area contributed by atoms with Crippen molar-refractivity contribution in [2.75, 3.05) is 46.9 Å². The molecule has 1 saturated heterocycles. The van der Waals surface area contributed by atoms with E-state index >= 15 is 0 Å². The highest BCUT2D eigenvalue weighted by Gasteiger charge is 2.32. The zero-order valence-corrected chi connectivity index (χ0v) is 26.5. The summed E-state index contributed by atoms with van der Waals surface area (Å²) >= 11 is 0. The molecule has 2 aromatic carbocycles. The van der Waals surface area contributed by atoms with E-state index in [1.165, 1.54) is 0 Å². The topological polar surface area (TPSA) is 111 Å². The van der Waals surface area contributed by atoms with E-state index in [1.807, 2.05) is 51.2 Å². The molecule has 44 heavy (non-hydrogen) atoms. The van der Waals surface area contributed by atoms with Crippen molar-refractivity contribution in [3.8, 4) is 5.75 Å². The minimum Gasteiger partial charge on any atom is -0.491 e. The summed E-state index contributed by atoms with van der Waals surface area (Å²) in [5, 5.41) is 5.87. The second kappa shape index (κ2) is 15.7. The third-order valence-electron chi connectivity index (χ3n) is 8.41. The minimum absolute atomic E-state index is 0.0123. The number of amides is 4. The molecule has 0 bridgehead atoms. The molecular formula is C34H47N5O5. The van der Waals surface area contributed by atoms with Crippen molar-refractivity contribution in [1.82, 2.24) is 25.3 Å². The molecule has 0 saturated carbocycles. The van der Waals surface area contributed by atoms with E-state index in [4.69, 9.17) is 4.74 Å². The summed E-state index contributed by atoms with van der Waals surface area (Å²) < 4.78 is 6.27. The molecule has 2 aliphatic heterocycles. The quantitative estimate of drug-likeness (QED) is 0.543. The first-order chi connectivity index (χ1) is 21.1. The van der Waals surface area contributed by atoms with E-state index in [-0.39, 0.29) is 49.1 Å². The van der Waals surface area contributed by atoms with Crippen LogP contribution < -0.4 is 15.4 Å². The summed E-state index contributed by atoms with van der Waals surface area (Å²) in [5.74, 6) is -0.648. The Labute approximate surface area is 261 Å². The third-order valence-corrected chi connectivity index (χ3v) is 8.41. The highest BCUT2D eigenvalue weighted by molar-refractivity contribution is 6.00. The molecule has 4 amide bonds.